The SMILES string of the molecule is CC1=C(CC2=C(C)C=C3C2=CC2=C(CCCC2)C3Br)C2=CC3=C(CCCC3)C(Br)C2=C1. The molecule has 2 unspecified atom stereocenters. The zero-order chi connectivity index (χ0) is 21.3. The Kier molecular flexibility index (Phi) is 5.11. The van der Waals surface area contributed by atoms with E-state index in [4.69, 9.17) is 0 Å². The van der Waals surface area contributed by atoms with Gasteiger partial charge in [-0.25, -0.2) is 0 Å². The van der Waals surface area contributed by atoms with Gasteiger partial charge in [-0.3, -0.25) is 0 Å². The summed E-state index contributed by atoms with van der Waals surface area (Å²) in [4.78, 5) is 0.830. The number of halogens is 2. The van der Waals surface area contributed by atoms with Gasteiger partial charge in [0.2, 0.25) is 0 Å². The van der Waals surface area contributed by atoms with Crippen LogP contribution in [0, 0.1) is 0 Å². The fraction of sp³-hybridized carbons (Fsp3) is 0.448. The Bertz CT molecular complexity index is 1050. The molecule has 0 nitrogen and oxygen atoms in total. The minimum atomic E-state index is 0.415. The first kappa shape index (κ1) is 20.5. The van der Waals surface area contributed by atoms with E-state index in [-0.39, 0.29) is 0 Å². The lowest BCUT2D eigenvalue weighted by atomic mass is 9.77. The highest BCUT2D eigenvalue weighted by Crippen LogP contribution is 2.52. The standard InChI is InChI=1S/C29H30Br2/c1-16-11-26-24(13-18-7-3-5-9-20(18)28(26)30)22(16)15-23-17(2)12-27-25(23)14-19-8-4-6-10-21(19)29(27)31/h11-14,28-29H,3-10,15H2,1-2H3. The van der Waals surface area contributed by atoms with Crippen molar-refractivity contribution in [2.24, 2.45) is 0 Å². The average molecular weight is 538 g/mol. The van der Waals surface area contributed by atoms with Crippen molar-refractivity contribution >= 4 is 31.9 Å². The van der Waals surface area contributed by atoms with E-state index in [1.165, 1.54) is 84.8 Å². The van der Waals surface area contributed by atoms with E-state index in [1.807, 2.05) is 0 Å². The van der Waals surface area contributed by atoms with E-state index in [1.54, 1.807) is 33.4 Å². The third-order valence-corrected chi connectivity index (χ3v) is 10.3. The summed E-state index contributed by atoms with van der Waals surface area (Å²) in [7, 11) is 0. The van der Waals surface area contributed by atoms with Crippen LogP contribution in [0.3, 0.4) is 0 Å². The van der Waals surface area contributed by atoms with Crippen LogP contribution in [0.25, 0.3) is 0 Å². The van der Waals surface area contributed by atoms with Crippen molar-refractivity contribution in [3.63, 3.8) is 0 Å². The van der Waals surface area contributed by atoms with Crippen molar-refractivity contribution in [3.8, 4) is 0 Å². The molecule has 0 aliphatic heterocycles. The number of hydrogen-bond acceptors (Lipinski definition) is 0. The summed E-state index contributed by atoms with van der Waals surface area (Å²) in [6, 6.07) is 0. The van der Waals surface area contributed by atoms with Crippen LogP contribution < -0.4 is 0 Å². The van der Waals surface area contributed by atoms with Crippen molar-refractivity contribution in [1.29, 1.82) is 0 Å². The fourth-order valence-corrected chi connectivity index (χ4v) is 8.32. The summed E-state index contributed by atoms with van der Waals surface area (Å²) < 4.78 is 0. The van der Waals surface area contributed by atoms with Gasteiger partial charge in [-0.05, 0) is 139 Å². The third-order valence-electron chi connectivity index (χ3n) is 8.23. The molecule has 0 heterocycles. The second-order valence-electron chi connectivity index (χ2n) is 10.1. The molecule has 0 amide bonds. The number of hydrogen-bond donors (Lipinski definition) is 0. The Balaban J connectivity index is 1.36. The number of rotatable bonds is 2. The summed E-state index contributed by atoms with van der Waals surface area (Å²) in [6.45, 7) is 4.65. The van der Waals surface area contributed by atoms with Gasteiger partial charge in [0.15, 0.2) is 0 Å². The molecular weight excluding hydrogens is 508 g/mol. The molecule has 2 atom stereocenters. The molecule has 2 heteroatoms. The van der Waals surface area contributed by atoms with Crippen LogP contribution in [0.15, 0.2) is 91.2 Å². The largest absolute Gasteiger partial charge is 0.0790 e. The fourth-order valence-electron chi connectivity index (χ4n) is 6.51. The monoisotopic (exact) mass is 536 g/mol. The van der Waals surface area contributed by atoms with Crippen molar-refractivity contribution in [2.75, 3.05) is 0 Å². The molecule has 0 aromatic rings. The second kappa shape index (κ2) is 7.73. The molecule has 0 saturated heterocycles. The lowest BCUT2D eigenvalue weighted by molar-refractivity contribution is 0.668. The molecule has 31 heavy (non-hydrogen) atoms. The first-order chi connectivity index (χ1) is 15.0. The number of allylic oxidation sites excluding steroid dienone is 16. The molecule has 0 spiro atoms. The zero-order valence-electron chi connectivity index (χ0n) is 18.6. The third kappa shape index (κ3) is 3.19. The van der Waals surface area contributed by atoms with Gasteiger partial charge in [0.25, 0.3) is 0 Å². The van der Waals surface area contributed by atoms with Crippen LogP contribution >= 0.6 is 31.9 Å². The summed E-state index contributed by atoms with van der Waals surface area (Å²) in [5.41, 5.74) is 18.6. The van der Waals surface area contributed by atoms with Gasteiger partial charge in [0.05, 0.1) is 9.65 Å². The van der Waals surface area contributed by atoms with Crippen molar-refractivity contribution in [2.45, 2.75) is 81.3 Å². The Morgan fingerprint density at radius 3 is 1.52 bits per heavy atom. The normalized spacial score (nSPS) is 29.9. The van der Waals surface area contributed by atoms with E-state index < -0.39 is 0 Å². The minimum Gasteiger partial charge on any atom is -0.0790 e. The highest BCUT2D eigenvalue weighted by Gasteiger charge is 2.36. The predicted molar refractivity (Wildman–Crippen MR) is 139 cm³/mol. The second-order valence-corrected chi connectivity index (χ2v) is 11.9. The lowest BCUT2D eigenvalue weighted by Gasteiger charge is -2.31. The average Bonchev–Trinajstić information content (AvgIpc) is 3.26. The number of alkyl halides is 2. The Morgan fingerprint density at radius 1 is 0.645 bits per heavy atom. The van der Waals surface area contributed by atoms with E-state index in [2.05, 4.69) is 70.0 Å². The van der Waals surface area contributed by atoms with Gasteiger partial charge >= 0.3 is 0 Å². The Hall–Kier alpha value is -1.12. The van der Waals surface area contributed by atoms with Crippen LogP contribution in [0.5, 0.6) is 0 Å². The van der Waals surface area contributed by atoms with Crippen molar-refractivity contribution < 1.29 is 0 Å². The van der Waals surface area contributed by atoms with E-state index in [0.29, 0.717) is 9.65 Å². The maximum atomic E-state index is 4.08. The Labute approximate surface area is 203 Å². The quantitative estimate of drug-likeness (QED) is 0.308. The van der Waals surface area contributed by atoms with Gasteiger partial charge in [-0.1, -0.05) is 56.2 Å². The molecule has 6 aliphatic rings. The first-order valence-corrected chi connectivity index (χ1v) is 13.9. The molecule has 0 fully saturated rings. The smallest absolute Gasteiger partial charge is 0.0616 e. The predicted octanol–water partition coefficient (Wildman–Crippen LogP) is 9.04. The summed E-state index contributed by atoms with van der Waals surface area (Å²) >= 11 is 8.16. The molecule has 0 saturated carbocycles. The van der Waals surface area contributed by atoms with Gasteiger partial charge in [-0.2, -0.15) is 0 Å². The van der Waals surface area contributed by atoms with Crippen molar-refractivity contribution in [1.82, 2.24) is 0 Å². The topological polar surface area (TPSA) is 0 Å². The van der Waals surface area contributed by atoms with E-state index in [0.717, 1.165) is 6.42 Å². The highest BCUT2D eigenvalue weighted by molar-refractivity contribution is 9.10. The molecule has 6 aliphatic carbocycles. The molecule has 160 valence electrons. The first-order valence-electron chi connectivity index (χ1n) is 12.0. The van der Waals surface area contributed by atoms with E-state index in [9.17, 15) is 0 Å². The van der Waals surface area contributed by atoms with Crippen LogP contribution in [0.4, 0.5) is 0 Å². The molecule has 0 N–H and O–H groups in total. The molecular formula is C29H30Br2. The maximum Gasteiger partial charge on any atom is 0.0616 e. The molecule has 0 radical (unpaired) electrons. The van der Waals surface area contributed by atoms with Crippen LogP contribution in [0.1, 0.15) is 71.6 Å². The zero-order valence-corrected chi connectivity index (χ0v) is 21.8. The summed E-state index contributed by atoms with van der Waals surface area (Å²) in [6.07, 6.45) is 21.5. The molecule has 0 aromatic heterocycles. The van der Waals surface area contributed by atoms with Crippen molar-refractivity contribution in [3.05, 3.63) is 91.2 Å². The van der Waals surface area contributed by atoms with Gasteiger partial charge in [0.1, 0.15) is 0 Å². The van der Waals surface area contributed by atoms with E-state index >= 15 is 0 Å². The van der Waals surface area contributed by atoms with Crippen LogP contribution in [-0.4, -0.2) is 9.65 Å². The summed E-state index contributed by atoms with van der Waals surface area (Å²) in [5.74, 6) is 0. The van der Waals surface area contributed by atoms with Gasteiger partial charge in [-0.15, -0.1) is 0 Å². The van der Waals surface area contributed by atoms with Gasteiger partial charge in [0, 0.05) is 0 Å². The lowest BCUT2D eigenvalue weighted by Crippen LogP contribution is -2.18. The van der Waals surface area contributed by atoms with Crippen LogP contribution in [-0.2, 0) is 0 Å². The van der Waals surface area contributed by atoms with Crippen LogP contribution in [0.2, 0.25) is 0 Å². The Morgan fingerprint density at radius 2 is 1.06 bits per heavy atom. The number of fused-ring (bicyclic) bond motifs is 2. The minimum absolute atomic E-state index is 0.415. The molecule has 6 rings (SSSR count). The van der Waals surface area contributed by atoms with Gasteiger partial charge < -0.3 is 0 Å². The molecule has 0 bridgehead atoms. The summed E-state index contributed by atoms with van der Waals surface area (Å²) in [5, 5.41) is 0. The maximum absolute atomic E-state index is 4.08. The highest BCUT2D eigenvalue weighted by atomic mass is 79.9. The molecule has 0 aromatic carbocycles.